The number of fused-ring (bicyclic) bond motifs is 2. The van der Waals surface area contributed by atoms with Crippen molar-refractivity contribution in [1.82, 2.24) is 0 Å². The van der Waals surface area contributed by atoms with E-state index in [2.05, 4.69) is 0 Å². The highest BCUT2D eigenvalue weighted by atomic mass is 19.0. The lowest BCUT2D eigenvalue weighted by atomic mass is 9.72. The Bertz CT molecular complexity index is 81.2. The topological polar surface area (TPSA) is 0 Å². The molecule has 2 aliphatic rings. The average Bonchev–Trinajstić information content (AvgIpc) is 2.08. The van der Waals surface area contributed by atoms with E-state index in [1.54, 1.807) is 32.1 Å². The van der Waals surface area contributed by atoms with Crippen LogP contribution in [0, 0.1) is 11.8 Å². The van der Waals surface area contributed by atoms with Gasteiger partial charge in [-0.1, -0.05) is 52.4 Å². The van der Waals surface area contributed by atoms with E-state index >= 15 is 0 Å². The van der Waals surface area contributed by atoms with E-state index in [0.29, 0.717) is 0 Å². The van der Waals surface area contributed by atoms with Crippen LogP contribution in [0.2, 0.25) is 0 Å². The summed E-state index contributed by atoms with van der Waals surface area (Å²) < 4.78 is 0. The summed E-state index contributed by atoms with van der Waals surface area (Å²) in [6, 6.07) is 0. The minimum Gasteiger partial charge on any atom is -0.269 e. The fourth-order valence-corrected chi connectivity index (χ4v) is 2.62. The van der Waals surface area contributed by atoms with Crippen molar-refractivity contribution in [2.45, 2.75) is 58.8 Å². The highest BCUT2D eigenvalue weighted by molar-refractivity contribution is 4.77. The van der Waals surface area contributed by atoms with Crippen LogP contribution in [0.15, 0.2) is 0 Å². The standard InChI is InChI=1S/C9H16.C2H6.FH/c1-3-8-5-2-6-9(4-1)7-8;1-2;/h8-9H,1-7H2;1-2H3;1H. The first-order valence-corrected chi connectivity index (χ1v) is 5.45. The molecule has 0 radical (unpaired) electrons. The second kappa shape index (κ2) is 6.45. The fraction of sp³-hybridized carbons (Fsp3) is 1.00. The lowest BCUT2D eigenvalue weighted by molar-refractivity contribution is 0.190. The summed E-state index contributed by atoms with van der Waals surface area (Å²) in [5.74, 6) is 2.30. The predicted molar refractivity (Wildman–Crippen MR) is 53.2 cm³/mol. The summed E-state index contributed by atoms with van der Waals surface area (Å²) in [6.45, 7) is 4.00. The highest BCUT2D eigenvalue weighted by Gasteiger charge is 2.25. The molecule has 1 heteroatoms. The van der Waals surface area contributed by atoms with Crippen LogP contribution in [0.25, 0.3) is 0 Å². The molecule has 74 valence electrons. The van der Waals surface area contributed by atoms with E-state index in [1.165, 1.54) is 12.8 Å². The molecule has 2 rings (SSSR count). The first-order valence-electron chi connectivity index (χ1n) is 5.45. The summed E-state index contributed by atoms with van der Waals surface area (Å²) in [6.07, 6.45) is 10.9. The maximum Gasteiger partial charge on any atom is -0.0412 e. The largest absolute Gasteiger partial charge is 0.269 e. The number of hydrogen-bond acceptors (Lipinski definition) is 0. The number of halogens is 1. The zero-order valence-corrected chi connectivity index (χ0v) is 8.51. The van der Waals surface area contributed by atoms with Crippen LogP contribution in [0.3, 0.4) is 0 Å². The molecular formula is C11H23F. The molecule has 2 aliphatic carbocycles. The SMILES string of the molecule is C1CC2CCCC(C1)C2.CC.F. The molecule has 2 fully saturated rings. The summed E-state index contributed by atoms with van der Waals surface area (Å²) in [7, 11) is 0. The average molecular weight is 174 g/mol. The van der Waals surface area contributed by atoms with Crippen molar-refractivity contribution in [3.8, 4) is 0 Å². The molecule has 12 heavy (non-hydrogen) atoms. The predicted octanol–water partition coefficient (Wildman–Crippen LogP) is 4.16. The maximum atomic E-state index is 2.00. The summed E-state index contributed by atoms with van der Waals surface area (Å²) in [5.41, 5.74) is 0. The minimum absolute atomic E-state index is 0. The Morgan fingerprint density at radius 2 is 1.08 bits per heavy atom. The Hall–Kier alpha value is -0.0700. The molecule has 0 aliphatic heterocycles. The number of hydrogen-bond donors (Lipinski definition) is 0. The molecule has 0 spiro atoms. The summed E-state index contributed by atoms with van der Waals surface area (Å²) in [5, 5.41) is 0. The molecular weight excluding hydrogens is 151 g/mol. The van der Waals surface area contributed by atoms with Crippen LogP contribution in [0.1, 0.15) is 58.8 Å². The third-order valence-corrected chi connectivity index (χ3v) is 3.12. The van der Waals surface area contributed by atoms with E-state index in [9.17, 15) is 0 Å². The molecule has 0 amide bonds. The van der Waals surface area contributed by atoms with Crippen LogP contribution in [-0.4, -0.2) is 0 Å². The van der Waals surface area contributed by atoms with E-state index in [-0.39, 0.29) is 4.70 Å². The first kappa shape index (κ1) is 11.9. The Labute approximate surface area is 76.1 Å². The Kier molecular flexibility index (Phi) is 6.41. The van der Waals surface area contributed by atoms with Gasteiger partial charge in [0, 0.05) is 0 Å². The zero-order chi connectivity index (χ0) is 8.10. The van der Waals surface area contributed by atoms with Crippen LogP contribution in [0.4, 0.5) is 4.70 Å². The van der Waals surface area contributed by atoms with Crippen LogP contribution in [0.5, 0.6) is 0 Å². The molecule has 0 N–H and O–H groups in total. The van der Waals surface area contributed by atoms with Gasteiger partial charge in [-0.2, -0.15) is 0 Å². The Morgan fingerprint density at radius 1 is 0.750 bits per heavy atom. The van der Waals surface area contributed by atoms with Crippen molar-refractivity contribution in [3.63, 3.8) is 0 Å². The van der Waals surface area contributed by atoms with E-state index in [4.69, 9.17) is 0 Å². The van der Waals surface area contributed by atoms with Gasteiger partial charge in [-0.25, -0.2) is 0 Å². The van der Waals surface area contributed by atoms with Gasteiger partial charge in [0.15, 0.2) is 0 Å². The normalized spacial score (nSPS) is 32.5. The van der Waals surface area contributed by atoms with Crippen molar-refractivity contribution in [1.29, 1.82) is 0 Å². The number of rotatable bonds is 0. The molecule has 0 aromatic carbocycles. The molecule has 0 nitrogen and oxygen atoms in total. The summed E-state index contributed by atoms with van der Waals surface area (Å²) in [4.78, 5) is 0. The van der Waals surface area contributed by atoms with Crippen molar-refractivity contribution in [3.05, 3.63) is 0 Å². The van der Waals surface area contributed by atoms with Crippen LogP contribution < -0.4 is 0 Å². The highest BCUT2D eigenvalue weighted by Crippen LogP contribution is 2.39. The van der Waals surface area contributed by atoms with Gasteiger partial charge in [0.05, 0.1) is 0 Å². The quantitative estimate of drug-likeness (QED) is 0.517. The van der Waals surface area contributed by atoms with Gasteiger partial charge in [-0.15, -0.1) is 0 Å². The van der Waals surface area contributed by atoms with Gasteiger partial charge >= 0.3 is 0 Å². The third kappa shape index (κ3) is 3.12. The van der Waals surface area contributed by atoms with Gasteiger partial charge in [0.2, 0.25) is 0 Å². The minimum atomic E-state index is 0. The Balaban J connectivity index is 0.000000378. The van der Waals surface area contributed by atoms with Crippen molar-refractivity contribution >= 4 is 0 Å². The van der Waals surface area contributed by atoms with E-state index in [1.807, 2.05) is 13.8 Å². The maximum absolute atomic E-state index is 2.00. The monoisotopic (exact) mass is 174 g/mol. The second-order valence-electron chi connectivity index (χ2n) is 3.83. The third-order valence-electron chi connectivity index (χ3n) is 3.12. The fourth-order valence-electron chi connectivity index (χ4n) is 2.62. The lowest BCUT2D eigenvalue weighted by Gasteiger charge is -2.33. The molecule has 2 saturated carbocycles. The lowest BCUT2D eigenvalue weighted by Crippen LogP contribution is -2.20. The van der Waals surface area contributed by atoms with Gasteiger partial charge in [0.25, 0.3) is 0 Å². The molecule has 0 saturated heterocycles. The van der Waals surface area contributed by atoms with Crippen LogP contribution >= 0.6 is 0 Å². The van der Waals surface area contributed by atoms with Gasteiger partial charge < -0.3 is 0 Å². The van der Waals surface area contributed by atoms with Gasteiger partial charge in [-0.3, -0.25) is 4.70 Å². The Morgan fingerprint density at radius 3 is 1.33 bits per heavy atom. The first-order chi connectivity index (χ1) is 5.45. The van der Waals surface area contributed by atoms with Crippen molar-refractivity contribution in [2.24, 2.45) is 11.8 Å². The van der Waals surface area contributed by atoms with E-state index < -0.39 is 0 Å². The van der Waals surface area contributed by atoms with Crippen molar-refractivity contribution in [2.75, 3.05) is 0 Å². The molecule has 0 atom stereocenters. The second-order valence-corrected chi connectivity index (χ2v) is 3.83. The summed E-state index contributed by atoms with van der Waals surface area (Å²) >= 11 is 0. The molecule has 0 unspecified atom stereocenters. The van der Waals surface area contributed by atoms with Gasteiger partial charge in [-0.05, 0) is 18.3 Å². The molecule has 2 bridgehead atoms. The zero-order valence-electron chi connectivity index (χ0n) is 8.51. The smallest absolute Gasteiger partial charge is 0.0412 e. The van der Waals surface area contributed by atoms with Crippen molar-refractivity contribution < 1.29 is 4.70 Å². The van der Waals surface area contributed by atoms with Crippen LogP contribution in [-0.2, 0) is 0 Å². The van der Waals surface area contributed by atoms with E-state index in [0.717, 1.165) is 11.8 Å². The van der Waals surface area contributed by atoms with Gasteiger partial charge in [0.1, 0.15) is 0 Å². The molecule has 0 aromatic heterocycles. The molecule has 0 aromatic rings. The molecule has 0 heterocycles.